The number of aromatic nitrogens is 5. The molecule has 0 spiro atoms. The number of aromatic amines is 1. The van der Waals surface area contributed by atoms with Gasteiger partial charge in [0.05, 0.1) is 51.8 Å². The molecule has 4 aliphatic rings. The van der Waals surface area contributed by atoms with Crippen molar-refractivity contribution in [3.05, 3.63) is 22.8 Å². The van der Waals surface area contributed by atoms with Crippen LogP contribution in [0.5, 0.6) is 6.01 Å². The number of H-pyrrole nitrogens is 1. The summed E-state index contributed by atoms with van der Waals surface area (Å²) in [6.45, 7) is 4.77. The number of fused-ring (bicyclic) bond motifs is 5. The molecule has 2 N–H and O–H groups in total. The maximum Gasteiger partial charge on any atom is 0.319 e. The van der Waals surface area contributed by atoms with Crippen LogP contribution in [0.4, 0.5) is 14.6 Å². The van der Waals surface area contributed by atoms with Gasteiger partial charge in [-0.25, -0.2) is 8.78 Å². The second kappa shape index (κ2) is 10.4. The van der Waals surface area contributed by atoms with E-state index in [4.69, 9.17) is 35.4 Å². The SMILES string of the molecule is C[C@@]1(O)COCCN(c2nc(OC[C@@]34CCCN3C[C@H](F)C4)nc3sc4c(-c5c(C6(F)CC6)c(Cl)cc6[nH]ncc56)nsc4c23)C1. The van der Waals surface area contributed by atoms with E-state index in [2.05, 4.69) is 15.1 Å². The van der Waals surface area contributed by atoms with E-state index in [1.807, 2.05) is 4.90 Å². The number of hydrogen-bond donors (Lipinski definition) is 2. The van der Waals surface area contributed by atoms with Crippen molar-refractivity contribution in [3.8, 4) is 17.3 Å². The van der Waals surface area contributed by atoms with Crippen molar-refractivity contribution in [2.24, 2.45) is 0 Å². The van der Waals surface area contributed by atoms with Gasteiger partial charge in [-0.2, -0.15) is 19.4 Å². The van der Waals surface area contributed by atoms with Gasteiger partial charge in [0.2, 0.25) is 0 Å². The van der Waals surface area contributed by atoms with Crippen molar-refractivity contribution < 1.29 is 23.4 Å². The standard InChI is InChI=1S/C31H32ClF2N7O3S2/c1-29(42)13-40(7-8-43-14-29)26-21-24-25(45-27(21)37-28(36-26)44-15-30-3-2-6-41(30)12-16(33)10-30)23(39-46-24)20-17-11-35-38-19(17)9-18(32)22(20)31(34)4-5-31/h9,11,16,42H,2-8,10,12-15H2,1H3,(H,35,38)/t16-,29+,30+/m1/s1. The number of nitrogens with zero attached hydrogens (tertiary/aromatic N) is 6. The lowest BCUT2D eigenvalue weighted by molar-refractivity contribution is -0.0123. The Balaban J connectivity index is 1.21. The molecule has 1 saturated carbocycles. The van der Waals surface area contributed by atoms with Gasteiger partial charge >= 0.3 is 6.01 Å². The topological polar surface area (TPSA) is 113 Å². The van der Waals surface area contributed by atoms with Crippen molar-refractivity contribution in [1.29, 1.82) is 0 Å². The first-order valence-corrected chi connectivity index (χ1v) is 17.6. The van der Waals surface area contributed by atoms with E-state index >= 15 is 4.39 Å². The second-order valence-corrected chi connectivity index (χ2v) is 15.7. The highest BCUT2D eigenvalue weighted by molar-refractivity contribution is 7.31. The largest absolute Gasteiger partial charge is 0.461 e. The van der Waals surface area contributed by atoms with Crippen molar-refractivity contribution in [2.45, 2.75) is 62.0 Å². The van der Waals surface area contributed by atoms with E-state index in [9.17, 15) is 9.50 Å². The Bertz CT molecular complexity index is 2010. The number of thiophene rings is 1. The lowest BCUT2D eigenvalue weighted by atomic mass is 9.95. The third kappa shape index (κ3) is 4.62. The molecule has 46 heavy (non-hydrogen) atoms. The van der Waals surface area contributed by atoms with Gasteiger partial charge in [0.1, 0.15) is 40.4 Å². The summed E-state index contributed by atoms with van der Waals surface area (Å²) in [5, 5.41) is 20.2. The van der Waals surface area contributed by atoms with Crippen molar-refractivity contribution in [3.63, 3.8) is 0 Å². The van der Waals surface area contributed by atoms with Crippen LogP contribution in [0.25, 0.3) is 41.8 Å². The minimum Gasteiger partial charge on any atom is -0.461 e. The lowest BCUT2D eigenvalue weighted by Crippen LogP contribution is -2.43. The summed E-state index contributed by atoms with van der Waals surface area (Å²) in [6.07, 6.45) is 3.96. The third-order valence-corrected chi connectivity index (χ3v) is 12.3. The molecule has 3 saturated heterocycles. The molecule has 3 atom stereocenters. The number of β-amino-alcohol motifs (C(OH)–C–C–N with tert-alkyl or cyclic N) is 1. The van der Waals surface area contributed by atoms with Gasteiger partial charge in [0, 0.05) is 41.0 Å². The Kier molecular flexibility index (Phi) is 6.63. The Labute approximate surface area is 275 Å². The Morgan fingerprint density at radius 3 is 2.96 bits per heavy atom. The highest BCUT2D eigenvalue weighted by Gasteiger charge is 2.50. The van der Waals surface area contributed by atoms with E-state index in [0.29, 0.717) is 90.1 Å². The molecular formula is C31H32ClF2N7O3S2. The molecule has 9 rings (SSSR count). The molecule has 15 heteroatoms. The second-order valence-electron chi connectivity index (χ2n) is 13.5. The van der Waals surface area contributed by atoms with Gasteiger partial charge in [-0.15, -0.1) is 11.3 Å². The maximum atomic E-state index is 15.9. The van der Waals surface area contributed by atoms with Crippen molar-refractivity contribution >= 4 is 70.8 Å². The molecule has 1 aromatic carbocycles. The van der Waals surface area contributed by atoms with E-state index in [0.717, 1.165) is 39.6 Å². The summed E-state index contributed by atoms with van der Waals surface area (Å²) in [5.41, 5.74) is -0.526. The molecule has 5 aromatic rings. The highest BCUT2D eigenvalue weighted by atomic mass is 35.5. The van der Waals surface area contributed by atoms with Crippen LogP contribution in [0, 0.1) is 0 Å². The molecule has 4 fully saturated rings. The van der Waals surface area contributed by atoms with Gasteiger partial charge < -0.3 is 19.5 Å². The molecule has 10 nitrogen and oxygen atoms in total. The average molecular weight is 688 g/mol. The average Bonchev–Trinajstić information content (AvgIpc) is 3.46. The number of anilines is 1. The zero-order chi connectivity index (χ0) is 31.4. The normalized spacial score (nSPS) is 28.0. The predicted octanol–water partition coefficient (Wildman–Crippen LogP) is 6.00. The fraction of sp³-hybridized carbons (Fsp3) is 0.548. The van der Waals surface area contributed by atoms with Gasteiger partial charge in [-0.05, 0) is 56.8 Å². The molecule has 7 heterocycles. The van der Waals surface area contributed by atoms with Crippen LogP contribution in [0.3, 0.4) is 0 Å². The summed E-state index contributed by atoms with van der Waals surface area (Å²) < 4.78 is 49.1. The number of rotatable bonds is 6. The lowest BCUT2D eigenvalue weighted by Gasteiger charge is -2.31. The van der Waals surface area contributed by atoms with E-state index in [1.54, 1.807) is 19.2 Å². The summed E-state index contributed by atoms with van der Waals surface area (Å²) in [7, 11) is 0. The third-order valence-electron chi connectivity index (χ3n) is 9.96. The number of halogens is 3. The smallest absolute Gasteiger partial charge is 0.319 e. The zero-order valence-corrected chi connectivity index (χ0v) is 27.5. The summed E-state index contributed by atoms with van der Waals surface area (Å²) >= 11 is 9.51. The van der Waals surface area contributed by atoms with Gasteiger partial charge in [0.15, 0.2) is 0 Å². The molecule has 242 valence electrons. The van der Waals surface area contributed by atoms with Crippen LogP contribution >= 0.6 is 34.5 Å². The Hall–Kier alpha value is -2.75. The number of aliphatic hydroxyl groups is 1. The van der Waals surface area contributed by atoms with Crippen molar-refractivity contribution in [1.82, 2.24) is 29.4 Å². The number of benzene rings is 1. The molecule has 0 radical (unpaired) electrons. The van der Waals surface area contributed by atoms with Gasteiger partial charge in [-0.3, -0.25) is 10.00 Å². The molecular weight excluding hydrogens is 656 g/mol. The first kappa shape index (κ1) is 29.4. The van der Waals surface area contributed by atoms with E-state index < -0.39 is 17.4 Å². The number of ether oxygens (including phenoxy) is 2. The first-order chi connectivity index (χ1) is 22.1. The molecule has 0 amide bonds. The quantitative estimate of drug-likeness (QED) is 0.222. The summed E-state index contributed by atoms with van der Waals surface area (Å²) in [5.74, 6) is 0.617. The molecule has 0 unspecified atom stereocenters. The number of nitrogens with one attached hydrogen (secondary N) is 1. The Morgan fingerprint density at radius 1 is 1.24 bits per heavy atom. The van der Waals surface area contributed by atoms with Crippen LogP contribution in [0.1, 0.15) is 44.6 Å². The van der Waals surface area contributed by atoms with Gasteiger partial charge in [-0.1, -0.05) is 11.6 Å². The highest BCUT2D eigenvalue weighted by Crippen LogP contribution is 2.57. The monoisotopic (exact) mass is 687 g/mol. The van der Waals surface area contributed by atoms with Gasteiger partial charge in [0.25, 0.3) is 0 Å². The predicted molar refractivity (Wildman–Crippen MR) is 175 cm³/mol. The Morgan fingerprint density at radius 2 is 2.11 bits per heavy atom. The minimum absolute atomic E-state index is 0.205. The van der Waals surface area contributed by atoms with Crippen molar-refractivity contribution in [2.75, 3.05) is 50.9 Å². The van der Waals surface area contributed by atoms with E-state index in [-0.39, 0.29) is 18.2 Å². The van der Waals surface area contributed by atoms with Crippen LogP contribution in [-0.4, -0.2) is 97.9 Å². The minimum atomic E-state index is -1.51. The number of alkyl halides is 2. The summed E-state index contributed by atoms with van der Waals surface area (Å²) in [4.78, 5) is 14.8. The van der Waals surface area contributed by atoms with Crippen LogP contribution in [0.15, 0.2) is 12.3 Å². The molecule has 0 bridgehead atoms. The van der Waals surface area contributed by atoms with Crippen LogP contribution in [-0.2, 0) is 10.4 Å². The fourth-order valence-corrected chi connectivity index (χ4v) is 10.3. The number of hydrogen-bond acceptors (Lipinski definition) is 11. The first-order valence-electron chi connectivity index (χ1n) is 15.7. The van der Waals surface area contributed by atoms with Crippen LogP contribution < -0.4 is 9.64 Å². The molecule has 4 aromatic heterocycles. The fourth-order valence-electron chi connectivity index (χ4n) is 7.70. The molecule has 3 aliphatic heterocycles. The molecule has 1 aliphatic carbocycles. The van der Waals surface area contributed by atoms with E-state index in [1.165, 1.54) is 22.9 Å². The maximum absolute atomic E-state index is 15.9. The summed E-state index contributed by atoms with van der Waals surface area (Å²) in [6, 6.07) is 1.94. The van der Waals surface area contributed by atoms with Crippen LogP contribution in [0.2, 0.25) is 5.02 Å². The zero-order valence-electron chi connectivity index (χ0n) is 25.1.